The van der Waals surface area contributed by atoms with Crippen molar-refractivity contribution in [2.24, 2.45) is 0 Å². The molecule has 0 unspecified atom stereocenters. The first-order chi connectivity index (χ1) is 15.5. The Hall–Kier alpha value is -3.63. The van der Waals surface area contributed by atoms with E-state index < -0.39 is 35.9 Å². The van der Waals surface area contributed by atoms with Crippen molar-refractivity contribution < 1.29 is 35.7 Å². The Bertz CT molecular complexity index is 1120. The van der Waals surface area contributed by atoms with Gasteiger partial charge < -0.3 is 9.84 Å². The summed E-state index contributed by atoms with van der Waals surface area (Å²) < 4.78 is 82.7. The maximum absolute atomic E-state index is 12.9. The third-order valence-electron chi connectivity index (χ3n) is 4.48. The quantitative estimate of drug-likeness (QED) is 0.373. The minimum absolute atomic E-state index is 0.0340. The first-order valence-corrected chi connectivity index (χ1v) is 9.63. The first-order valence-electron chi connectivity index (χ1n) is 9.63. The van der Waals surface area contributed by atoms with Crippen molar-refractivity contribution in [3.63, 3.8) is 0 Å². The molecule has 5 nitrogen and oxygen atoms in total. The Morgan fingerprint density at radius 3 is 2.12 bits per heavy atom. The van der Waals surface area contributed by atoms with Gasteiger partial charge in [-0.05, 0) is 47.5 Å². The van der Waals surface area contributed by atoms with Gasteiger partial charge in [-0.1, -0.05) is 24.2 Å². The van der Waals surface area contributed by atoms with Crippen LogP contribution >= 0.6 is 0 Å². The van der Waals surface area contributed by atoms with Crippen molar-refractivity contribution in [3.8, 4) is 11.5 Å². The second kappa shape index (κ2) is 9.47. The fourth-order valence-electron chi connectivity index (χ4n) is 2.79. The molecule has 0 aliphatic heterocycles. The lowest BCUT2D eigenvalue weighted by Crippen LogP contribution is -2.21. The van der Waals surface area contributed by atoms with Crippen LogP contribution in [0.15, 0.2) is 53.1 Å². The van der Waals surface area contributed by atoms with Crippen LogP contribution in [0.4, 0.5) is 26.3 Å². The van der Waals surface area contributed by atoms with Crippen molar-refractivity contribution in [1.29, 1.82) is 0 Å². The minimum atomic E-state index is -4.95. The molecule has 33 heavy (non-hydrogen) atoms. The highest BCUT2D eigenvalue weighted by molar-refractivity contribution is 5.91. The lowest BCUT2D eigenvalue weighted by Gasteiger charge is -2.14. The third-order valence-corrected chi connectivity index (χ3v) is 4.48. The minimum Gasteiger partial charge on any atom is -0.348 e. The van der Waals surface area contributed by atoms with Crippen LogP contribution in [0.2, 0.25) is 0 Å². The number of benzene rings is 2. The van der Waals surface area contributed by atoms with Crippen molar-refractivity contribution in [3.05, 3.63) is 76.6 Å². The summed E-state index contributed by atoms with van der Waals surface area (Å²) in [6.45, 7) is 1.38. The zero-order valence-electron chi connectivity index (χ0n) is 17.1. The molecule has 1 heterocycles. The van der Waals surface area contributed by atoms with Gasteiger partial charge in [0.25, 0.3) is 5.89 Å². The van der Waals surface area contributed by atoms with Crippen molar-refractivity contribution >= 4 is 12.0 Å². The van der Waals surface area contributed by atoms with Crippen LogP contribution in [0.1, 0.15) is 35.0 Å². The van der Waals surface area contributed by atoms with Gasteiger partial charge >= 0.3 is 12.4 Å². The zero-order chi connectivity index (χ0) is 24.2. The molecule has 174 valence electrons. The Morgan fingerprint density at radius 2 is 1.61 bits per heavy atom. The normalized spacial score (nSPS) is 12.3. The van der Waals surface area contributed by atoms with Gasteiger partial charge in [0, 0.05) is 24.6 Å². The first kappa shape index (κ1) is 24.0. The number of carbonyl (C=O) groups excluding carboxylic acids is 1. The average molecular weight is 469 g/mol. The molecular weight excluding hydrogens is 452 g/mol. The number of aromatic nitrogens is 2. The maximum Gasteiger partial charge on any atom is 0.416 e. The van der Waals surface area contributed by atoms with Crippen molar-refractivity contribution in [2.45, 2.75) is 32.2 Å². The lowest BCUT2D eigenvalue weighted by atomic mass is 10.0. The summed E-state index contributed by atoms with van der Waals surface area (Å²) in [6, 6.07) is 7.93. The summed E-state index contributed by atoms with van der Waals surface area (Å²) in [7, 11) is 0. The summed E-state index contributed by atoms with van der Waals surface area (Å²) in [5.74, 6) is 0.225. The number of carbonyl (C=O) groups is 1. The molecule has 0 bridgehead atoms. The van der Waals surface area contributed by atoms with E-state index in [2.05, 4.69) is 15.5 Å². The average Bonchev–Trinajstić information content (AvgIpc) is 3.24. The topological polar surface area (TPSA) is 68.0 Å². The van der Waals surface area contributed by atoms with E-state index in [0.29, 0.717) is 41.4 Å². The van der Waals surface area contributed by atoms with Crippen LogP contribution < -0.4 is 5.32 Å². The molecule has 1 aromatic heterocycles. The lowest BCUT2D eigenvalue weighted by molar-refractivity contribution is -0.143. The highest BCUT2D eigenvalue weighted by Gasteiger charge is 2.36. The summed E-state index contributed by atoms with van der Waals surface area (Å²) in [5, 5.41) is 6.08. The van der Waals surface area contributed by atoms with Gasteiger partial charge in [-0.3, -0.25) is 4.79 Å². The molecule has 0 saturated heterocycles. The Labute approximate surface area is 184 Å². The monoisotopic (exact) mass is 469 g/mol. The van der Waals surface area contributed by atoms with E-state index in [1.807, 2.05) is 6.92 Å². The van der Waals surface area contributed by atoms with Gasteiger partial charge in [0.15, 0.2) is 5.82 Å². The molecular formula is C22H17F6N3O2. The van der Waals surface area contributed by atoms with Gasteiger partial charge in [0.1, 0.15) is 0 Å². The van der Waals surface area contributed by atoms with E-state index in [4.69, 9.17) is 4.52 Å². The number of rotatable bonds is 6. The fraction of sp³-hybridized carbons (Fsp3) is 0.227. The Morgan fingerprint density at radius 1 is 1.00 bits per heavy atom. The molecule has 2 aromatic carbocycles. The molecule has 0 fully saturated rings. The largest absolute Gasteiger partial charge is 0.416 e. The van der Waals surface area contributed by atoms with E-state index in [0.717, 1.165) is 6.08 Å². The predicted molar refractivity (Wildman–Crippen MR) is 106 cm³/mol. The number of nitrogens with one attached hydrogen (secondary N) is 1. The second-order valence-corrected chi connectivity index (χ2v) is 6.96. The number of amides is 1. The van der Waals surface area contributed by atoms with E-state index >= 15 is 0 Å². The summed E-state index contributed by atoms with van der Waals surface area (Å²) in [6.07, 6.45) is -6.72. The number of alkyl halides is 6. The summed E-state index contributed by atoms with van der Waals surface area (Å²) in [5.41, 5.74) is -1.90. The van der Waals surface area contributed by atoms with Crippen LogP contribution in [-0.4, -0.2) is 16.0 Å². The molecule has 0 aliphatic carbocycles. The number of halogens is 6. The summed E-state index contributed by atoms with van der Waals surface area (Å²) >= 11 is 0. The molecule has 0 aliphatic rings. The molecule has 3 aromatic rings. The van der Waals surface area contributed by atoms with E-state index in [-0.39, 0.29) is 11.6 Å². The van der Waals surface area contributed by atoms with Gasteiger partial charge in [0.05, 0.1) is 11.1 Å². The molecule has 11 heteroatoms. The fourth-order valence-corrected chi connectivity index (χ4v) is 2.79. The maximum atomic E-state index is 12.9. The zero-order valence-corrected chi connectivity index (χ0v) is 17.1. The number of aryl methyl sites for hydroxylation is 1. The smallest absolute Gasteiger partial charge is 0.348 e. The van der Waals surface area contributed by atoms with Crippen LogP contribution in [-0.2, 0) is 30.1 Å². The van der Waals surface area contributed by atoms with Gasteiger partial charge in [-0.2, -0.15) is 31.3 Å². The SMILES string of the molecule is CCc1noc(-c2ccc(/C=C/C(=O)NCc3cc(C(F)(F)F)cc(C(F)(F)F)c3)cc2)n1. The molecule has 1 N–H and O–H groups in total. The molecule has 0 radical (unpaired) electrons. The number of hydrogen-bond acceptors (Lipinski definition) is 4. The van der Waals surface area contributed by atoms with E-state index in [1.54, 1.807) is 24.3 Å². The van der Waals surface area contributed by atoms with Crippen molar-refractivity contribution in [1.82, 2.24) is 15.5 Å². The second-order valence-electron chi connectivity index (χ2n) is 6.96. The highest BCUT2D eigenvalue weighted by atomic mass is 19.4. The molecule has 0 spiro atoms. The number of hydrogen-bond donors (Lipinski definition) is 1. The number of nitrogens with zero attached hydrogens (tertiary/aromatic N) is 2. The van der Waals surface area contributed by atoms with Crippen LogP contribution in [0.25, 0.3) is 17.5 Å². The Kier molecular flexibility index (Phi) is 6.89. The highest BCUT2D eigenvalue weighted by Crippen LogP contribution is 2.36. The van der Waals surface area contributed by atoms with Gasteiger partial charge in [-0.15, -0.1) is 0 Å². The molecule has 3 rings (SSSR count). The van der Waals surface area contributed by atoms with Gasteiger partial charge in [0.2, 0.25) is 5.91 Å². The molecule has 1 amide bonds. The van der Waals surface area contributed by atoms with E-state index in [9.17, 15) is 31.1 Å². The summed E-state index contributed by atoms with van der Waals surface area (Å²) in [4.78, 5) is 16.2. The van der Waals surface area contributed by atoms with Crippen molar-refractivity contribution in [2.75, 3.05) is 0 Å². The van der Waals surface area contributed by atoms with Crippen LogP contribution in [0.3, 0.4) is 0 Å². The molecule has 0 atom stereocenters. The van der Waals surface area contributed by atoms with Crippen LogP contribution in [0, 0.1) is 0 Å². The third kappa shape index (κ3) is 6.43. The molecule has 0 saturated carbocycles. The van der Waals surface area contributed by atoms with E-state index in [1.165, 1.54) is 6.08 Å². The standard InChI is InChI=1S/C22H17F6N3O2/c1-2-18-30-20(33-31-18)15-6-3-13(4-7-15)5-8-19(32)29-12-14-9-16(21(23,24)25)11-17(10-14)22(26,27)28/h3-11H,2,12H2,1H3,(H,29,32)/b8-5+. The van der Waals surface area contributed by atoms with Crippen LogP contribution in [0.5, 0.6) is 0 Å². The predicted octanol–water partition coefficient (Wildman–Crippen LogP) is 5.67. The van der Waals surface area contributed by atoms with Gasteiger partial charge in [-0.25, -0.2) is 0 Å². The Balaban J connectivity index is 1.65.